The molecule has 4 N–H and O–H groups in total. The van der Waals surface area contributed by atoms with Crippen molar-refractivity contribution in [2.24, 2.45) is 0 Å². The minimum absolute atomic E-state index is 0.0704. The molecule has 0 aliphatic heterocycles. The molecule has 254 valence electrons. The standard InChI is InChI=1S/C31H38N4O12/c1-6-26(36)42-12-14-44-28(38)32-22-10-8-19(3)24(16-22)34-30(40)46-18-21(5)47-31(41)35-25-17-23(11-9-20(25)4)33-29(39)45-15-13-43-27(37)7-2/h7-11,16-17,21H,2,6,12-15,18H2,1,3-5H3,(H,32,38)(H,33,39)(H,34,40)(H,35,41). The van der Waals surface area contributed by atoms with Crippen LogP contribution in [0.4, 0.5) is 41.9 Å². The number of esters is 2. The average Bonchev–Trinajstić information content (AvgIpc) is 3.03. The molecule has 2 aromatic carbocycles. The van der Waals surface area contributed by atoms with E-state index < -0.39 is 42.4 Å². The number of carbonyl (C=O) groups is 6. The van der Waals surface area contributed by atoms with E-state index in [-0.39, 0.29) is 39.5 Å². The van der Waals surface area contributed by atoms with E-state index in [9.17, 15) is 28.8 Å². The highest BCUT2D eigenvalue weighted by Gasteiger charge is 2.16. The Balaban J connectivity index is 1.79. The van der Waals surface area contributed by atoms with Gasteiger partial charge in [0.15, 0.2) is 0 Å². The fourth-order valence-electron chi connectivity index (χ4n) is 3.40. The molecule has 4 amide bonds. The molecule has 0 aliphatic carbocycles. The fourth-order valence-corrected chi connectivity index (χ4v) is 3.40. The zero-order chi connectivity index (χ0) is 34.8. The lowest BCUT2D eigenvalue weighted by molar-refractivity contribution is -0.144. The van der Waals surface area contributed by atoms with Crippen LogP contribution in [0.2, 0.25) is 0 Å². The first-order valence-electron chi connectivity index (χ1n) is 14.3. The molecule has 47 heavy (non-hydrogen) atoms. The lowest BCUT2D eigenvalue weighted by atomic mass is 10.2. The lowest BCUT2D eigenvalue weighted by Gasteiger charge is -2.16. The molecule has 0 spiro atoms. The Kier molecular flexibility index (Phi) is 15.6. The van der Waals surface area contributed by atoms with E-state index in [0.29, 0.717) is 33.9 Å². The minimum atomic E-state index is -0.840. The summed E-state index contributed by atoms with van der Waals surface area (Å²) in [6, 6.07) is 9.48. The topological polar surface area (TPSA) is 206 Å². The highest BCUT2D eigenvalue weighted by Crippen LogP contribution is 2.22. The third-order valence-electron chi connectivity index (χ3n) is 5.79. The molecular formula is C31H38N4O12. The summed E-state index contributed by atoms with van der Waals surface area (Å²) >= 11 is 0. The maximum absolute atomic E-state index is 12.5. The third kappa shape index (κ3) is 14.7. The predicted octanol–water partition coefficient (Wildman–Crippen LogP) is 5.27. The molecule has 2 rings (SSSR count). The molecule has 2 aromatic rings. The summed E-state index contributed by atoms with van der Waals surface area (Å²) in [6.07, 6.45) is -2.88. The van der Waals surface area contributed by atoms with E-state index in [1.165, 1.54) is 19.1 Å². The predicted molar refractivity (Wildman–Crippen MR) is 169 cm³/mol. The van der Waals surface area contributed by atoms with Crippen molar-refractivity contribution >= 4 is 59.1 Å². The van der Waals surface area contributed by atoms with Crippen molar-refractivity contribution in [2.75, 3.05) is 54.3 Å². The Morgan fingerprint density at radius 1 is 0.681 bits per heavy atom. The number of hydrogen-bond acceptors (Lipinski definition) is 12. The molecule has 1 unspecified atom stereocenters. The minimum Gasteiger partial charge on any atom is -0.462 e. The smallest absolute Gasteiger partial charge is 0.412 e. The highest BCUT2D eigenvalue weighted by atomic mass is 16.6. The molecule has 0 aromatic heterocycles. The second-order valence-electron chi connectivity index (χ2n) is 9.59. The van der Waals surface area contributed by atoms with Gasteiger partial charge in [-0.05, 0) is 56.2 Å². The Hall–Kier alpha value is -5.80. The maximum Gasteiger partial charge on any atom is 0.412 e. The summed E-state index contributed by atoms with van der Waals surface area (Å²) in [5, 5.41) is 10.1. The second-order valence-corrected chi connectivity index (χ2v) is 9.59. The van der Waals surface area contributed by atoms with E-state index in [1.54, 1.807) is 45.0 Å². The Bertz CT molecular complexity index is 1450. The van der Waals surface area contributed by atoms with Gasteiger partial charge < -0.3 is 28.4 Å². The summed E-state index contributed by atoms with van der Waals surface area (Å²) in [5.41, 5.74) is 2.66. The van der Waals surface area contributed by atoms with Crippen molar-refractivity contribution in [3.8, 4) is 0 Å². The highest BCUT2D eigenvalue weighted by molar-refractivity contribution is 5.91. The molecule has 16 nitrogen and oxygen atoms in total. The van der Waals surface area contributed by atoms with Crippen LogP contribution in [0, 0.1) is 13.8 Å². The average molecular weight is 659 g/mol. The molecule has 0 radical (unpaired) electrons. The van der Waals surface area contributed by atoms with Gasteiger partial charge in [-0.2, -0.15) is 0 Å². The van der Waals surface area contributed by atoms with Crippen LogP contribution in [0.25, 0.3) is 0 Å². The van der Waals surface area contributed by atoms with Gasteiger partial charge in [0.25, 0.3) is 0 Å². The summed E-state index contributed by atoms with van der Waals surface area (Å²) in [5.74, 6) is -1.05. The van der Waals surface area contributed by atoms with E-state index in [4.69, 9.17) is 28.4 Å². The molecule has 1 atom stereocenters. The van der Waals surface area contributed by atoms with Gasteiger partial charge in [-0.25, -0.2) is 24.0 Å². The van der Waals surface area contributed by atoms with E-state index in [0.717, 1.165) is 6.08 Å². The summed E-state index contributed by atoms with van der Waals surface area (Å²) < 4.78 is 29.9. The van der Waals surface area contributed by atoms with E-state index in [2.05, 4.69) is 27.8 Å². The van der Waals surface area contributed by atoms with Crippen LogP contribution in [0.5, 0.6) is 0 Å². The van der Waals surface area contributed by atoms with Crippen molar-refractivity contribution in [1.29, 1.82) is 0 Å². The summed E-state index contributed by atoms with van der Waals surface area (Å²) in [7, 11) is 0. The number of ether oxygens (including phenoxy) is 6. The van der Waals surface area contributed by atoms with Crippen LogP contribution in [0.1, 0.15) is 31.4 Å². The first kappa shape index (κ1) is 37.4. The van der Waals surface area contributed by atoms with Gasteiger partial charge in [0.1, 0.15) is 39.1 Å². The second kappa shape index (κ2) is 19.6. The maximum atomic E-state index is 12.5. The fraction of sp³-hybridized carbons (Fsp3) is 0.355. The SMILES string of the molecule is C=CC(=O)OCCOC(=O)Nc1ccc(C)c(NC(=O)OC(C)COC(=O)Nc2cc(NC(=O)OCCOC(=O)CC)ccc2C)c1. The van der Waals surface area contributed by atoms with Crippen LogP contribution in [0.3, 0.4) is 0 Å². The number of hydrogen-bond donors (Lipinski definition) is 4. The number of nitrogens with one attached hydrogen (secondary N) is 4. The lowest BCUT2D eigenvalue weighted by Crippen LogP contribution is -2.27. The molecule has 0 saturated heterocycles. The van der Waals surface area contributed by atoms with Crippen LogP contribution < -0.4 is 21.3 Å². The van der Waals surface area contributed by atoms with Gasteiger partial charge in [-0.1, -0.05) is 25.6 Å². The van der Waals surface area contributed by atoms with Crippen molar-refractivity contribution in [2.45, 2.75) is 40.2 Å². The summed E-state index contributed by atoms with van der Waals surface area (Å²) in [4.78, 5) is 71.0. The zero-order valence-corrected chi connectivity index (χ0v) is 26.5. The van der Waals surface area contributed by atoms with Crippen molar-refractivity contribution < 1.29 is 57.2 Å². The number of benzene rings is 2. The van der Waals surface area contributed by atoms with Crippen LogP contribution in [-0.4, -0.2) is 75.4 Å². The molecule has 0 fully saturated rings. The number of amides is 4. The number of carbonyl (C=O) groups excluding carboxylic acids is 6. The molecule has 0 saturated carbocycles. The number of aryl methyl sites for hydroxylation is 2. The van der Waals surface area contributed by atoms with Crippen LogP contribution in [0.15, 0.2) is 49.1 Å². The van der Waals surface area contributed by atoms with Gasteiger partial charge in [0.05, 0.1) is 0 Å². The van der Waals surface area contributed by atoms with Crippen molar-refractivity contribution in [3.63, 3.8) is 0 Å². The molecule has 0 bridgehead atoms. The van der Waals surface area contributed by atoms with Gasteiger partial charge in [-0.3, -0.25) is 26.1 Å². The quantitative estimate of drug-likeness (QED) is 0.0836. The third-order valence-corrected chi connectivity index (χ3v) is 5.79. The van der Waals surface area contributed by atoms with Gasteiger partial charge in [0, 0.05) is 35.2 Å². The largest absolute Gasteiger partial charge is 0.462 e. The first-order chi connectivity index (χ1) is 22.4. The van der Waals surface area contributed by atoms with Gasteiger partial charge in [0.2, 0.25) is 0 Å². The Labute approximate surface area is 271 Å². The molecular weight excluding hydrogens is 620 g/mol. The van der Waals surface area contributed by atoms with Crippen LogP contribution in [-0.2, 0) is 38.0 Å². The first-order valence-corrected chi connectivity index (χ1v) is 14.3. The monoisotopic (exact) mass is 658 g/mol. The van der Waals surface area contributed by atoms with Crippen molar-refractivity contribution in [3.05, 3.63) is 60.2 Å². The number of rotatable bonds is 15. The van der Waals surface area contributed by atoms with Crippen molar-refractivity contribution in [1.82, 2.24) is 0 Å². The van der Waals surface area contributed by atoms with Crippen LogP contribution >= 0.6 is 0 Å². The molecule has 0 aliphatic rings. The Morgan fingerprint density at radius 2 is 1.15 bits per heavy atom. The van der Waals surface area contributed by atoms with E-state index >= 15 is 0 Å². The molecule has 16 heteroatoms. The van der Waals surface area contributed by atoms with E-state index in [1.807, 2.05) is 0 Å². The zero-order valence-electron chi connectivity index (χ0n) is 26.5. The van der Waals surface area contributed by atoms with Gasteiger partial charge in [-0.15, -0.1) is 0 Å². The molecule has 0 heterocycles. The summed E-state index contributed by atoms with van der Waals surface area (Å²) in [6.45, 7) is 9.09. The normalized spacial score (nSPS) is 10.7. The number of anilines is 4. The Morgan fingerprint density at radius 3 is 1.66 bits per heavy atom. The van der Waals surface area contributed by atoms with Gasteiger partial charge >= 0.3 is 36.3 Å².